The Morgan fingerprint density at radius 3 is 1.98 bits per heavy atom. The Balaban J connectivity index is 1.08. The fourth-order valence-corrected chi connectivity index (χ4v) is 10.8. The monoisotopic (exact) mass is 759 g/mol. The van der Waals surface area contributed by atoms with Crippen LogP contribution in [-0.4, -0.2) is 0 Å². The Bertz CT molecular complexity index is 3420. The molecule has 0 unspecified atom stereocenters. The number of furan rings is 1. The molecule has 0 saturated heterocycles. The number of benzene rings is 9. The van der Waals surface area contributed by atoms with E-state index >= 15 is 0 Å². The van der Waals surface area contributed by atoms with Gasteiger partial charge in [0, 0.05) is 64.5 Å². The fourth-order valence-electron chi connectivity index (χ4n) is 9.62. The van der Waals surface area contributed by atoms with Crippen molar-refractivity contribution in [3.63, 3.8) is 0 Å². The van der Waals surface area contributed by atoms with Crippen molar-refractivity contribution in [3.8, 4) is 33.4 Å². The molecule has 0 aliphatic heterocycles. The van der Waals surface area contributed by atoms with Gasteiger partial charge in [-0.3, -0.25) is 0 Å². The van der Waals surface area contributed by atoms with Gasteiger partial charge in [0.25, 0.3) is 0 Å². The molecule has 0 saturated carbocycles. The second kappa shape index (κ2) is 12.5. The van der Waals surface area contributed by atoms with Crippen molar-refractivity contribution < 1.29 is 4.42 Å². The summed E-state index contributed by atoms with van der Waals surface area (Å²) in [5.41, 5.74) is 15.1. The molecule has 1 aliphatic carbocycles. The molecule has 1 aliphatic rings. The molecule has 2 nitrogen and oxygen atoms in total. The van der Waals surface area contributed by atoms with E-state index in [4.69, 9.17) is 4.42 Å². The molecule has 58 heavy (non-hydrogen) atoms. The molecule has 274 valence electrons. The molecule has 2 heterocycles. The first-order chi connectivity index (χ1) is 28.5. The van der Waals surface area contributed by atoms with Crippen LogP contribution < -0.4 is 4.90 Å². The summed E-state index contributed by atoms with van der Waals surface area (Å²) in [7, 11) is 0. The van der Waals surface area contributed by atoms with Gasteiger partial charge in [-0.25, -0.2) is 0 Å². The summed E-state index contributed by atoms with van der Waals surface area (Å²) >= 11 is 1.86. The molecule has 12 rings (SSSR count). The predicted molar refractivity (Wildman–Crippen MR) is 247 cm³/mol. The first kappa shape index (κ1) is 33.2. The van der Waals surface area contributed by atoms with E-state index in [0.29, 0.717) is 0 Å². The number of hydrogen-bond acceptors (Lipinski definition) is 3. The molecule has 0 bridgehead atoms. The van der Waals surface area contributed by atoms with Crippen LogP contribution in [0.4, 0.5) is 17.1 Å². The molecule has 0 atom stereocenters. The quantitative estimate of drug-likeness (QED) is 0.174. The van der Waals surface area contributed by atoms with Gasteiger partial charge in [0.15, 0.2) is 0 Å². The van der Waals surface area contributed by atoms with Crippen molar-refractivity contribution in [2.75, 3.05) is 4.90 Å². The van der Waals surface area contributed by atoms with Crippen LogP contribution in [0.5, 0.6) is 0 Å². The SMILES string of the molecule is CC1(C)c2ccccc2-c2ccc(N(c3ccc(-c4ccccc4)cc3)c3ccc4oc5c(-c6cccc7c6sc6ccccc67)c6ccccc6cc5c4c3)cc21. The Morgan fingerprint density at radius 2 is 1.10 bits per heavy atom. The lowest BCUT2D eigenvalue weighted by molar-refractivity contribution is 0.660. The number of hydrogen-bond donors (Lipinski definition) is 0. The Labute approximate surface area is 340 Å². The van der Waals surface area contributed by atoms with E-state index in [2.05, 4.69) is 207 Å². The molecular weight excluding hydrogens is 723 g/mol. The van der Waals surface area contributed by atoms with Crippen LogP contribution in [0.1, 0.15) is 25.0 Å². The van der Waals surface area contributed by atoms with E-state index in [-0.39, 0.29) is 5.41 Å². The Kier molecular flexibility index (Phi) is 7.18. The van der Waals surface area contributed by atoms with Gasteiger partial charge in [-0.15, -0.1) is 11.3 Å². The lowest BCUT2D eigenvalue weighted by Gasteiger charge is -2.28. The van der Waals surface area contributed by atoms with Crippen LogP contribution in [-0.2, 0) is 5.41 Å². The van der Waals surface area contributed by atoms with Gasteiger partial charge in [-0.2, -0.15) is 0 Å². The van der Waals surface area contributed by atoms with Crippen molar-refractivity contribution in [2.24, 2.45) is 0 Å². The first-order valence-electron chi connectivity index (χ1n) is 20.0. The second-order valence-corrected chi connectivity index (χ2v) is 17.1. The van der Waals surface area contributed by atoms with Gasteiger partial charge in [0.2, 0.25) is 0 Å². The summed E-state index contributed by atoms with van der Waals surface area (Å²) in [6, 6.07) is 68.7. The first-order valence-corrected chi connectivity index (χ1v) is 20.8. The van der Waals surface area contributed by atoms with Crippen LogP contribution in [0.2, 0.25) is 0 Å². The molecule has 3 heteroatoms. The summed E-state index contributed by atoms with van der Waals surface area (Å²) in [5.74, 6) is 0. The third-order valence-electron chi connectivity index (χ3n) is 12.5. The molecule has 0 radical (unpaired) electrons. The summed E-state index contributed by atoms with van der Waals surface area (Å²) < 4.78 is 9.57. The van der Waals surface area contributed by atoms with Gasteiger partial charge in [-0.1, -0.05) is 147 Å². The molecule has 0 N–H and O–H groups in total. The van der Waals surface area contributed by atoms with E-state index in [9.17, 15) is 0 Å². The van der Waals surface area contributed by atoms with E-state index in [1.807, 2.05) is 11.3 Å². The van der Waals surface area contributed by atoms with E-state index in [0.717, 1.165) is 44.6 Å². The number of rotatable bonds is 5. The smallest absolute Gasteiger partial charge is 0.143 e. The highest BCUT2D eigenvalue weighted by Crippen LogP contribution is 2.52. The van der Waals surface area contributed by atoms with Gasteiger partial charge < -0.3 is 9.32 Å². The maximum Gasteiger partial charge on any atom is 0.143 e. The highest BCUT2D eigenvalue weighted by atomic mass is 32.1. The van der Waals surface area contributed by atoms with Gasteiger partial charge in [0.1, 0.15) is 11.2 Å². The number of nitrogens with zero attached hydrogens (tertiary/aromatic N) is 1. The zero-order valence-corrected chi connectivity index (χ0v) is 33.0. The molecular formula is C55H37NOS. The number of fused-ring (bicyclic) bond motifs is 10. The molecule has 2 aromatic heterocycles. The van der Waals surface area contributed by atoms with Gasteiger partial charge in [0.05, 0.1) is 0 Å². The Hall–Kier alpha value is -6.94. The lowest BCUT2D eigenvalue weighted by Crippen LogP contribution is -2.16. The normalized spacial score (nSPS) is 13.1. The second-order valence-electron chi connectivity index (χ2n) is 16.1. The van der Waals surface area contributed by atoms with E-state index < -0.39 is 0 Å². The average Bonchev–Trinajstić information content (AvgIpc) is 3.91. The van der Waals surface area contributed by atoms with Crippen LogP contribution in [0, 0.1) is 0 Å². The van der Waals surface area contributed by atoms with Crippen molar-refractivity contribution in [2.45, 2.75) is 19.3 Å². The average molecular weight is 760 g/mol. The Morgan fingerprint density at radius 1 is 0.448 bits per heavy atom. The van der Waals surface area contributed by atoms with E-state index in [1.54, 1.807) is 0 Å². The largest absolute Gasteiger partial charge is 0.455 e. The number of anilines is 3. The van der Waals surface area contributed by atoms with Crippen LogP contribution in [0.25, 0.3) is 86.3 Å². The minimum Gasteiger partial charge on any atom is -0.455 e. The van der Waals surface area contributed by atoms with E-state index in [1.165, 1.54) is 69.9 Å². The number of thiophene rings is 1. The highest BCUT2D eigenvalue weighted by Gasteiger charge is 2.36. The molecule has 11 aromatic rings. The van der Waals surface area contributed by atoms with Crippen LogP contribution in [0.15, 0.2) is 192 Å². The zero-order chi connectivity index (χ0) is 38.5. The highest BCUT2D eigenvalue weighted by molar-refractivity contribution is 7.26. The van der Waals surface area contributed by atoms with Crippen molar-refractivity contribution >= 4 is 81.3 Å². The topological polar surface area (TPSA) is 16.4 Å². The third-order valence-corrected chi connectivity index (χ3v) is 13.7. The zero-order valence-electron chi connectivity index (χ0n) is 32.2. The molecule has 9 aromatic carbocycles. The van der Waals surface area contributed by atoms with Crippen molar-refractivity contribution in [1.82, 2.24) is 0 Å². The predicted octanol–water partition coefficient (Wildman–Crippen LogP) is 16.2. The van der Waals surface area contributed by atoms with Crippen LogP contribution in [0.3, 0.4) is 0 Å². The molecule has 0 spiro atoms. The third kappa shape index (κ3) is 4.90. The standard InChI is InChI=1S/C55H37NOS/c1-55(2)48-21-10-8-17-41(48)42-29-27-39(33-49(42)55)56(37-25-23-35(24-26-37)34-13-4-3-5-14-34)38-28-30-50-46(32-38)47-31-36-15-6-7-16-40(36)52(53(47)57-50)45-20-12-19-44-43-18-9-11-22-51(43)58-54(44)45/h3-33H,1-2H3. The maximum atomic E-state index is 6.99. The molecule has 0 fully saturated rings. The summed E-state index contributed by atoms with van der Waals surface area (Å²) in [5, 5.41) is 7.19. The summed E-state index contributed by atoms with van der Waals surface area (Å²) in [6.45, 7) is 4.71. The van der Waals surface area contributed by atoms with Crippen molar-refractivity contribution in [1.29, 1.82) is 0 Å². The lowest BCUT2D eigenvalue weighted by atomic mass is 9.82. The summed E-state index contributed by atoms with van der Waals surface area (Å²) in [6.07, 6.45) is 0. The minimum absolute atomic E-state index is 0.121. The van der Waals surface area contributed by atoms with Gasteiger partial charge in [-0.05, 0) is 98.8 Å². The van der Waals surface area contributed by atoms with Gasteiger partial charge >= 0.3 is 0 Å². The van der Waals surface area contributed by atoms with Crippen LogP contribution >= 0.6 is 11.3 Å². The maximum absolute atomic E-state index is 6.99. The minimum atomic E-state index is -0.121. The molecule has 0 amide bonds. The van der Waals surface area contributed by atoms with Crippen molar-refractivity contribution in [3.05, 3.63) is 199 Å². The fraction of sp³-hybridized carbons (Fsp3) is 0.0545. The summed E-state index contributed by atoms with van der Waals surface area (Å²) in [4.78, 5) is 2.41.